The summed E-state index contributed by atoms with van der Waals surface area (Å²) in [7, 11) is 0. The number of aryl methyl sites for hydroxylation is 1. The fourth-order valence-corrected chi connectivity index (χ4v) is 3.10. The number of furan rings is 1. The number of imidazole rings is 1. The lowest BCUT2D eigenvalue weighted by molar-refractivity contribution is 0.484. The van der Waals surface area contributed by atoms with Crippen LogP contribution in [0.4, 0.5) is 0 Å². The Morgan fingerprint density at radius 2 is 2.29 bits per heavy atom. The average molecular weight is 301 g/mol. The molecule has 0 bridgehead atoms. The minimum atomic E-state index is 0.432. The number of hydrogen-bond donors (Lipinski definition) is 2. The second kappa shape index (κ2) is 6.37. The molecule has 2 aromatic heterocycles. The third-order valence-electron chi connectivity index (χ3n) is 3.24. The second-order valence-electron chi connectivity index (χ2n) is 5.20. The van der Waals surface area contributed by atoms with Crippen molar-refractivity contribution in [3.63, 3.8) is 0 Å². The van der Waals surface area contributed by atoms with Crippen molar-refractivity contribution in [3.05, 3.63) is 47.9 Å². The van der Waals surface area contributed by atoms with E-state index in [9.17, 15) is 0 Å². The molecule has 0 amide bonds. The first-order valence-corrected chi connectivity index (χ1v) is 7.95. The van der Waals surface area contributed by atoms with Crippen LogP contribution in [-0.4, -0.2) is 21.8 Å². The zero-order valence-electron chi connectivity index (χ0n) is 12.2. The molecule has 3 rings (SSSR count). The maximum atomic E-state index is 5.30. The summed E-state index contributed by atoms with van der Waals surface area (Å²) >= 11 is 1.75. The van der Waals surface area contributed by atoms with Gasteiger partial charge in [0.15, 0.2) is 5.16 Å². The van der Waals surface area contributed by atoms with E-state index >= 15 is 0 Å². The third kappa shape index (κ3) is 3.68. The van der Waals surface area contributed by atoms with Crippen molar-refractivity contribution in [3.8, 4) is 0 Å². The molecular formula is C16H19N3OS. The number of fused-ring (bicyclic) bond motifs is 1. The van der Waals surface area contributed by atoms with Crippen LogP contribution in [0.1, 0.15) is 18.2 Å². The summed E-state index contributed by atoms with van der Waals surface area (Å²) in [5.74, 6) is 0.964. The van der Waals surface area contributed by atoms with Crippen molar-refractivity contribution in [1.82, 2.24) is 15.3 Å². The maximum Gasteiger partial charge on any atom is 0.166 e. The summed E-state index contributed by atoms with van der Waals surface area (Å²) in [5.41, 5.74) is 3.38. The largest absolute Gasteiger partial charge is 0.468 e. The summed E-state index contributed by atoms with van der Waals surface area (Å²) in [6.45, 7) is 5.95. The topological polar surface area (TPSA) is 53.9 Å². The first-order valence-electron chi connectivity index (χ1n) is 7.07. The summed E-state index contributed by atoms with van der Waals surface area (Å²) in [6, 6.07) is 10.2. The van der Waals surface area contributed by atoms with Gasteiger partial charge in [0.1, 0.15) is 5.76 Å². The summed E-state index contributed by atoms with van der Waals surface area (Å²) < 4.78 is 5.30. The Bertz CT molecular complexity index is 705. The van der Waals surface area contributed by atoms with Crippen LogP contribution in [0.15, 0.2) is 46.2 Å². The van der Waals surface area contributed by atoms with E-state index in [0.29, 0.717) is 5.25 Å². The molecule has 0 aliphatic carbocycles. The van der Waals surface area contributed by atoms with Gasteiger partial charge in [-0.05, 0) is 36.8 Å². The van der Waals surface area contributed by atoms with Crippen LogP contribution in [0.3, 0.4) is 0 Å². The van der Waals surface area contributed by atoms with E-state index in [1.54, 1.807) is 18.0 Å². The second-order valence-corrected chi connectivity index (χ2v) is 6.63. The molecule has 0 aliphatic rings. The van der Waals surface area contributed by atoms with Gasteiger partial charge in [0.2, 0.25) is 0 Å². The van der Waals surface area contributed by atoms with E-state index in [1.165, 1.54) is 5.56 Å². The van der Waals surface area contributed by atoms with E-state index in [2.05, 4.69) is 47.3 Å². The Morgan fingerprint density at radius 3 is 3.10 bits per heavy atom. The monoisotopic (exact) mass is 301 g/mol. The number of H-pyrrole nitrogens is 1. The molecule has 0 saturated carbocycles. The number of aromatic amines is 1. The molecule has 1 atom stereocenters. The van der Waals surface area contributed by atoms with E-state index in [4.69, 9.17) is 4.42 Å². The smallest absolute Gasteiger partial charge is 0.166 e. The Labute approximate surface area is 128 Å². The molecule has 110 valence electrons. The molecule has 5 heteroatoms. The van der Waals surface area contributed by atoms with Crippen LogP contribution in [0.2, 0.25) is 0 Å². The molecule has 4 nitrogen and oxygen atoms in total. The lowest BCUT2D eigenvalue weighted by Gasteiger charge is -2.09. The predicted octanol–water partition coefficient (Wildman–Crippen LogP) is 3.73. The number of nitrogens with zero attached hydrogens (tertiary/aromatic N) is 1. The van der Waals surface area contributed by atoms with Crippen molar-refractivity contribution in [2.45, 2.75) is 30.8 Å². The first kappa shape index (κ1) is 14.2. The standard InChI is InChI=1S/C16H19N3OS/c1-11-5-6-14-15(8-11)19-16(18-14)21-12(2)9-17-10-13-4-3-7-20-13/h3-8,12,17H,9-10H2,1-2H3,(H,18,19). The molecule has 0 aliphatic heterocycles. The Kier molecular flexibility index (Phi) is 4.31. The molecular weight excluding hydrogens is 282 g/mol. The van der Waals surface area contributed by atoms with E-state index in [0.717, 1.165) is 35.0 Å². The van der Waals surface area contributed by atoms with Crippen molar-refractivity contribution >= 4 is 22.8 Å². The highest BCUT2D eigenvalue weighted by Crippen LogP contribution is 2.23. The highest BCUT2D eigenvalue weighted by Gasteiger charge is 2.09. The van der Waals surface area contributed by atoms with Gasteiger partial charge in [-0.2, -0.15) is 0 Å². The Hall–Kier alpha value is -1.72. The Balaban J connectivity index is 1.54. The van der Waals surface area contributed by atoms with Gasteiger partial charge in [0.05, 0.1) is 23.8 Å². The van der Waals surface area contributed by atoms with E-state index < -0.39 is 0 Å². The van der Waals surface area contributed by atoms with Gasteiger partial charge in [-0.15, -0.1) is 0 Å². The maximum absolute atomic E-state index is 5.30. The minimum absolute atomic E-state index is 0.432. The predicted molar refractivity (Wildman–Crippen MR) is 86.6 cm³/mol. The fraction of sp³-hybridized carbons (Fsp3) is 0.312. The molecule has 1 unspecified atom stereocenters. The summed E-state index contributed by atoms with van der Waals surface area (Å²) in [5, 5.41) is 4.80. The van der Waals surface area contributed by atoms with Gasteiger partial charge >= 0.3 is 0 Å². The molecule has 21 heavy (non-hydrogen) atoms. The highest BCUT2D eigenvalue weighted by atomic mass is 32.2. The van der Waals surface area contributed by atoms with Gasteiger partial charge in [-0.3, -0.25) is 0 Å². The van der Waals surface area contributed by atoms with Crippen LogP contribution in [0.25, 0.3) is 11.0 Å². The number of hydrogen-bond acceptors (Lipinski definition) is 4. The highest BCUT2D eigenvalue weighted by molar-refractivity contribution is 7.99. The normalized spacial score (nSPS) is 12.9. The zero-order valence-corrected chi connectivity index (χ0v) is 13.0. The van der Waals surface area contributed by atoms with Crippen LogP contribution < -0.4 is 5.32 Å². The molecule has 2 N–H and O–H groups in total. The fourth-order valence-electron chi connectivity index (χ4n) is 2.20. The van der Waals surface area contributed by atoms with Crippen molar-refractivity contribution in [2.24, 2.45) is 0 Å². The number of nitrogens with one attached hydrogen (secondary N) is 2. The quantitative estimate of drug-likeness (QED) is 0.681. The molecule has 2 heterocycles. The molecule has 3 aromatic rings. The lowest BCUT2D eigenvalue weighted by Crippen LogP contribution is -2.22. The Morgan fingerprint density at radius 1 is 1.38 bits per heavy atom. The number of aromatic nitrogens is 2. The minimum Gasteiger partial charge on any atom is -0.468 e. The van der Waals surface area contributed by atoms with E-state index in [1.807, 2.05) is 12.1 Å². The number of thioether (sulfide) groups is 1. The number of rotatable bonds is 6. The molecule has 0 fully saturated rings. The van der Waals surface area contributed by atoms with Gasteiger partial charge in [-0.25, -0.2) is 4.98 Å². The first-order chi connectivity index (χ1) is 10.2. The summed E-state index contributed by atoms with van der Waals surface area (Å²) in [6.07, 6.45) is 1.70. The lowest BCUT2D eigenvalue weighted by atomic mass is 10.2. The number of benzene rings is 1. The van der Waals surface area contributed by atoms with Gasteiger partial charge in [-0.1, -0.05) is 24.8 Å². The third-order valence-corrected chi connectivity index (χ3v) is 4.23. The van der Waals surface area contributed by atoms with E-state index in [-0.39, 0.29) is 0 Å². The molecule has 0 radical (unpaired) electrons. The molecule has 0 saturated heterocycles. The van der Waals surface area contributed by atoms with Crippen molar-refractivity contribution in [1.29, 1.82) is 0 Å². The zero-order chi connectivity index (χ0) is 14.7. The van der Waals surface area contributed by atoms with Gasteiger partial charge < -0.3 is 14.7 Å². The van der Waals surface area contributed by atoms with Crippen LogP contribution >= 0.6 is 11.8 Å². The SMILES string of the molecule is Cc1ccc2nc(SC(C)CNCc3ccco3)[nH]c2c1. The average Bonchev–Trinajstić information content (AvgIpc) is 3.07. The van der Waals surface area contributed by atoms with Crippen molar-refractivity contribution < 1.29 is 4.42 Å². The van der Waals surface area contributed by atoms with Crippen molar-refractivity contribution in [2.75, 3.05) is 6.54 Å². The van der Waals surface area contributed by atoms with Crippen LogP contribution in [0.5, 0.6) is 0 Å². The molecule has 0 spiro atoms. The van der Waals surface area contributed by atoms with Gasteiger partial charge in [0, 0.05) is 11.8 Å². The van der Waals surface area contributed by atoms with Gasteiger partial charge in [0.25, 0.3) is 0 Å². The summed E-state index contributed by atoms with van der Waals surface area (Å²) in [4.78, 5) is 7.99. The molecule has 1 aromatic carbocycles. The van der Waals surface area contributed by atoms with Crippen LogP contribution in [0, 0.1) is 6.92 Å². The van der Waals surface area contributed by atoms with Crippen LogP contribution in [-0.2, 0) is 6.54 Å².